The molecule has 1 N–H and O–H groups in total. The third kappa shape index (κ3) is 3.01. The molecule has 3 rings (SSSR count). The highest BCUT2D eigenvalue weighted by molar-refractivity contribution is 5.90. The lowest BCUT2D eigenvalue weighted by atomic mass is 10.1. The average molecular weight is 343 g/mol. The normalized spacial score (nSPS) is 10.9. The van der Waals surface area contributed by atoms with Gasteiger partial charge in [-0.25, -0.2) is 0 Å². The van der Waals surface area contributed by atoms with Gasteiger partial charge in [-0.05, 0) is 35.4 Å². The molecule has 2 aromatic carbocycles. The zero-order valence-electron chi connectivity index (χ0n) is 14.3. The number of aromatic nitrogens is 1. The van der Waals surface area contributed by atoms with Crippen LogP contribution in [0.4, 0.5) is 5.69 Å². The van der Waals surface area contributed by atoms with Crippen LogP contribution < -0.4 is 5.56 Å². The number of aromatic hydroxyl groups is 1. The van der Waals surface area contributed by atoms with E-state index in [-0.39, 0.29) is 18.0 Å². The molecule has 0 fully saturated rings. The fraction of sp³-hybridized carbons (Fsp3) is 0.0952. The number of fused-ring (bicyclic) bond motifs is 1. The van der Waals surface area contributed by atoms with E-state index in [1.807, 2.05) is 48.5 Å². The summed E-state index contributed by atoms with van der Waals surface area (Å²) in [4.78, 5) is 16.7. The van der Waals surface area contributed by atoms with Crippen LogP contribution in [-0.2, 0) is 6.54 Å². The molecule has 26 heavy (non-hydrogen) atoms. The molecule has 3 aromatic rings. The Morgan fingerprint density at radius 1 is 1.27 bits per heavy atom. The van der Waals surface area contributed by atoms with Gasteiger partial charge in [0.15, 0.2) is 0 Å². The molecule has 0 saturated carbocycles. The number of allylic oxidation sites excluding steroid dienone is 1. The molecule has 0 bridgehead atoms. The van der Waals surface area contributed by atoms with Crippen molar-refractivity contribution in [2.24, 2.45) is 4.99 Å². The summed E-state index contributed by atoms with van der Waals surface area (Å²) >= 11 is 0. The Labute approximate surface area is 150 Å². The van der Waals surface area contributed by atoms with Crippen molar-refractivity contribution in [3.63, 3.8) is 0 Å². The molecule has 0 atom stereocenters. The third-order valence-corrected chi connectivity index (χ3v) is 4.23. The van der Waals surface area contributed by atoms with E-state index in [0.717, 1.165) is 15.3 Å². The zero-order chi connectivity index (χ0) is 18.7. The van der Waals surface area contributed by atoms with Crippen LogP contribution in [0.15, 0.2) is 64.9 Å². The Hall–Kier alpha value is -3.65. The summed E-state index contributed by atoms with van der Waals surface area (Å²) in [5.74, 6) is -0.226. The van der Waals surface area contributed by atoms with Gasteiger partial charge in [0.25, 0.3) is 5.56 Å². The van der Waals surface area contributed by atoms with Crippen molar-refractivity contribution in [1.82, 2.24) is 4.57 Å². The van der Waals surface area contributed by atoms with Gasteiger partial charge in [0.2, 0.25) is 5.88 Å². The zero-order valence-corrected chi connectivity index (χ0v) is 14.3. The molecule has 0 aliphatic carbocycles. The molecule has 0 saturated heterocycles. The number of nitriles is 1. The monoisotopic (exact) mass is 343 g/mol. The van der Waals surface area contributed by atoms with Crippen molar-refractivity contribution >= 4 is 22.7 Å². The fourth-order valence-corrected chi connectivity index (χ4v) is 2.82. The van der Waals surface area contributed by atoms with Gasteiger partial charge in [-0.15, -0.1) is 6.58 Å². The van der Waals surface area contributed by atoms with Crippen LogP contribution in [-0.4, -0.2) is 15.9 Å². The molecule has 128 valence electrons. The largest absolute Gasteiger partial charge is 0.494 e. The lowest BCUT2D eigenvalue weighted by molar-refractivity contribution is 0.414. The number of nitrogens with zero attached hydrogens (tertiary/aromatic N) is 3. The molecule has 0 unspecified atom stereocenters. The molecule has 0 amide bonds. The predicted molar refractivity (Wildman–Crippen MR) is 103 cm³/mol. The molecule has 0 spiro atoms. The fourth-order valence-electron chi connectivity index (χ4n) is 2.82. The van der Waals surface area contributed by atoms with Gasteiger partial charge in [0.1, 0.15) is 11.6 Å². The topological polar surface area (TPSA) is 78.4 Å². The third-order valence-electron chi connectivity index (χ3n) is 4.23. The molecule has 0 aliphatic rings. The van der Waals surface area contributed by atoms with Crippen LogP contribution in [0.25, 0.3) is 10.8 Å². The Bertz CT molecular complexity index is 1130. The van der Waals surface area contributed by atoms with E-state index in [0.29, 0.717) is 16.8 Å². The van der Waals surface area contributed by atoms with E-state index in [4.69, 9.17) is 0 Å². The van der Waals surface area contributed by atoms with E-state index >= 15 is 0 Å². The van der Waals surface area contributed by atoms with Crippen LogP contribution in [0.5, 0.6) is 5.88 Å². The summed E-state index contributed by atoms with van der Waals surface area (Å²) < 4.78 is 1.11. The average Bonchev–Trinajstić information content (AvgIpc) is 2.65. The number of hydrogen-bond acceptors (Lipinski definition) is 4. The maximum absolute atomic E-state index is 12.3. The van der Waals surface area contributed by atoms with Crippen LogP contribution in [0.1, 0.15) is 16.7 Å². The highest BCUT2D eigenvalue weighted by atomic mass is 16.3. The minimum absolute atomic E-state index is 0.00962. The highest BCUT2D eigenvalue weighted by Crippen LogP contribution is 2.23. The van der Waals surface area contributed by atoms with Gasteiger partial charge in [0.05, 0.1) is 11.3 Å². The second-order valence-corrected chi connectivity index (χ2v) is 5.84. The molecule has 5 heteroatoms. The van der Waals surface area contributed by atoms with Gasteiger partial charge in [-0.3, -0.25) is 14.4 Å². The van der Waals surface area contributed by atoms with E-state index in [1.165, 1.54) is 12.3 Å². The van der Waals surface area contributed by atoms with E-state index < -0.39 is 5.56 Å². The van der Waals surface area contributed by atoms with Crippen molar-refractivity contribution in [3.05, 3.63) is 82.2 Å². The van der Waals surface area contributed by atoms with Crippen LogP contribution in [0, 0.1) is 18.3 Å². The Kier molecular flexibility index (Phi) is 4.68. The summed E-state index contributed by atoms with van der Waals surface area (Å²) in [7, 11) is 0. The van der Waals surface area contributed by atoms with Crippen LogP contribution in [0.3, 0.4) is 0 Å². The smallest absolute Gasteiger partial charge is 0.271 e. The van der Waals surface area contributed by atoms with E-state index in [9.17, 15) is 15.2 Å². The molecule has 1 heterocycles. The summed E-state index contributed by atoms with van der Waals surface area (Å²) in [5.41, 5.74) is 0.911. The number of pyridine rings is 1. The van der Waals surface area contributed by atoms with Crippen molar-refractivity contribution < 1.29 is 5.11 Å². The number of rotatable bonds is 4. The first kappa shape index (κ1) is 17.2. The maximum atomic E-state index is 12.3. The lowest BCUT2D eigenvalue weighted by Crippen LogP contribution is -2.24. The van der Waals surface area contributed by atoms with Crippen molar-refractivity contribution in [3.8, 4) is 11.9 Å². The molecule has 0 radical (unpaired) electrons. The standard InChI is InChI=1S/C21H17N3O2/c1-3-10-24-20(25)18(12-22)14(2)19(21(24)26)13-23-17-9-8-15-6-4-5-7-16(15)11-17/h3-9,11,13,26H,1,10H2,2H3. The molecule has 1 aromatic heterocycles. The molecular weight excluding hydrogens is 326 g/mol. The minimum atomic E-state index is -0.537. The maximum Gasteiger partial charge on any atom is 0.271 e. The number of hydrogen-bond donors (Lipinski definition) is 1. The van der Waals surface area contributed by atoms with Crippen LogP contribution >= 0.6 is 0 Å². The Morgan fingerprint density at radius 3 is 2.69 bits per heavy atom. The molecule has 5 nitrogen and oxygen atoms in total. The van der Waals surface area contributed by atoms with Gasteiger partial charge in [-0.1, -0.05) is 36.4 Å². The SMILES string of the molecule is C=CCn1c(O)c(C=Nc2ccc3ccccc3c2)c(C)c(C#N)c1=O. The van der Waals surface area contributed by atoms with E-state index in [2.05, 4.69) is 11.6 Å². The first-order chi connectivity index (χ1) is 12.6. The van der Waals surface area contributed by atoms with Gasteiger partial charge in [-0.2, -0.15) is 5.26 Å². The Morgan fingerprint density at radius 2 is 2.00 bits per heavy atom. The molecule has 0 aliphatic heterocycles. The highest BCUT2D eigenvalue weighted by Gasteiger charge is 2.17. The predicted octanol–water partition coefficient (Wildman–Crippen LogP) is 3.82. The lowest BCUT2D eigenvalue weighted by Gasteiger charge is -2.12. The van der Waals surface area contributed by atoms with Crippen LogP contribution in [0.2, 0.25) is 0 Å². The number of benzene rings is 2. The van der Waals surface area contributed by atoms with Crippen molar-refractivity contribution in [2.75, 3.05) is 0 Å². The van der Waals surface area contributed by atoms with Crippen molar-refractivity contribution in [1.29, 1.82) is 5.26 Å². The van der Waals surface area contributed by atoms with Gasteiger partial charge >= 0.3 is 0 Å². The number of aliphatic imine (C=N–C) groups is 1. The first-order valence-electron chi connectivity index (χ1n) is 8.07. The molecular formula is C21H17N3O2. The van der Waals surface area contributed by atoms with E-state index in [1.54, 1.807) is 6.92 Å². The summed E-state index contributed by atoms with van der Waals surface area (Å²) in [5, 5.41) is 21.9. The summed E-state index contributed by atoms with van der Waals surface area (Å²) in [6.45, 7) is 5.31. The quantitative estimate of drug-likeness (QED) is 0.578. The minimum Gasteiger partial charge on any atom is -0.494 e. The Balaban J connectivity index is 2.12. The summed E-state index contributed by atoms with van der Waals surface area (Å²) in [6, 6.07) is 15.6. The summed E-state index contributed by atoms with van der Waals surface area (Å²) in [6.07, 6.45) is 2.97. The van der Waals surface area contributed by atoms with Gasteiger partial charge in [0, 0.05) is 12.8 Å². The van der Waals surface area contributed by atoms with Gasteiger partial charge < -0.3 is 5.11 Å². The second-order valence-electron chi connectivity index (χ2n) is 5.84. The first-order valence-corrected chi connectivity index (χ1v) is 8.07. The second kappa shape index (κ2) is 7.08. The van der Waals surface area contributed by atoms with Crippen molar-refractivity contribution in [2.45, 2.75) is 13.5 Å².